The van der Waals surface area contributed by atoms with Gasteiger partial charge < -0.3 is 0 Å². The number of hydrogen-bond acceptors (Lipinski definition) is 2. The number of rotatable bonds is 14. The summed E-state index contributed by atoms with van der Waals surface area (Å²) in [5.74, 6) is 0.602. The molecule has 0 aliphatic heterocycles. The molecule has 630 valence electrons. The molecule has 0 atom stereocenters. The highest BCUT2D eigenvalue weighted by atomic mass is 15.2. The second-order valence-corrected chi connectivity index (χ2v) is 41.1. The topological polar surface area (TPSA) is 30.7 Å². The van der Waals surface area contributed by atoms with E-state index in [1.807, 2.05) is 0 Å². The van der Waals surface area contributed by atoms with E-state index in [1.165, 1.54) is 133 Å². The molecule has 0 N–H and O–H groups in total. The van der Waals surface area contributed by atoms with Gasteiger partial charge in [0.1, 0.15) is 0 Å². The van der Waals surface area contributed by atoms with Crippen molar-refractivity contribution in [3.05, 3.63) is 400 Å². The Labute approximate surface area is 759 Å². The summed E-state index contributed by atoms with van der Waals surface area (Å²) < 4.78 is 2.33. The summed E-state index contributed by atoms with van der Waals surface area (Å²) in [4.78, 5) is 11.7. The van der Waals surface area contributed by atoms with E-state index < -0.39 is 0 Å². The molecule has 3 nitrogen and oxygen atoms in total. The predicted octanol–water partition coefficient (Wildman–Crippen LogP) is 34.6. The lowest BCUT2D eigenvalue weighted by Crippen LogP contribution is -2.15. The first-order valence-corrected chi connectivity index (χ1v) is 45.7. The molecule has 0 saturated carbocycles. The summed E-state index contributed by atoms with van der Waals surface area (Å²) in [6.07, 6.45) is 0. The van der Waals surface area contributed by atoms with Crippen molar-refractivity contribution in [2.75, 3.05) is 0 Å². The summed E-state index contributed by atoms with van der Waals surface area (Å²) in [5.41, 5.74) is 49.7. The zero-order valence-electron chi connectivity index (χ0n) is 78.1. The molecule has 0 amide bonds. The summed E-state index contributed by atoms with van der Waals surface area (Å²) in [7, 11) is 0. The van der Waals surface area contributed by atoms with Crippen molar-refractivity contribution in [2.24, 2.45) is 0 Å². The largest absolute Gasteiger partial charge is 0.278 e. The van der Waals surface area contributed by atoms with E-state index in [1.54, 1.807) is 0 Å². The van der Waals surface area contributed by atoms with Crippen molar-refractivity contribution >= 4 is 21.8 Å². The molecule has 16 aromatic carbocycles. The van der Waals surface area contributed by atoms with Gasteiger partial charge in [0.25, 0.3) is 0 Å². The Morgan fingerprint density at radius 2 is 0.500 bits per heavy atom. The van der Waals surface area contributed by atoms with Gasteiger partial charge in [0, 0.05) is 27.3 Å². The maximum atomic E-state index is 5.85. The van der Waals surface area contributed by atoms with Gasteiger partial charge in [-0.1, -0.05) is 327 Å². The molecule has 0 unspecified atom stereocenters. The fraction of sp³-hybridized carbons (Fsp3) is 0.200. The molecule has 0 fully saturated rings. The third-order valence-corrected chi connectivity index (χ3v) is 27.3. The highest BCUT2D eigenvalue weighted by Crippen LogP contribution is 2.52. The van der Waals surface area contributed by atoms with Crippen molar-refractivity contribution in [2.45, 2.75) is 166 Å². The van der Waals surface area contributed by atoms with Crippen LogP contribution in [-0.2, 0) is 27.1 Å². The van der Waals surface area contributed by atoms with Gasteiger partial charge in [0.15, 0.2) is 0 Å². The monoisotopic (exact) mass is 1660 g/mol. The van der Waals surface area contributed by atoms with Crippen molar-refractivity contribution < 1.29 is 0 Å². The van der Waals surface area contributed by atoms with Crippen molar-refractivity contribution in [1.82, 2.24) is 14.5 Å². The summed E-state index contributed by atoms with van der Waals surface area (Å²) in [6, 6.07) is 127. The zero-order valence-corrected chi connectivity index (χ0v) is 78.1. The molecule has 2 heterocycles. The van der Waals surface area contributed by atoms with E-state index in [4.69, 9.17) is 9.97 Å². The number of aryl methyl sites for hydroxylation is 6. The van der Waals surface area contributed by atoms with Crippen LogP contribution in [0.2, 0.25) is 0 Å². The molecular formula is C125H115N3. The molecule has 2 aromatic heterocycles. The first-order valence-electron chi connectivity index (χ1n) is 45.7. The maximum Gasteiger partial charge on any atom is 0.235 e. The van der Waals surface area contributed by atoms with E-state index in [2.05, 4.69) is 477 Å². The minimum atomic E-state index is -0.246. The number of nitrogens with zero attached hydrogens (tertiary/aromatic N) is 3. The van der Waals surface area contributed by atoms with Crippen LogP contribution in [0.15, 0.2) is 334 Å². The fourth-order valence-corrected chi connectivity index (χ4v) is 20.2. The zero-order chi connectivity index (χ0) is 89.4. The Hall–Kier alpha value is -13.6. The van der Waals surface area contributed by atoms with Crippen molar-refractivity contribution in [3.63, 3.8) is 0 Å². The van der Waals surface area contributed by atoms with Gasteiger partial charge in [0.05, 0.1) is 22.4 Å². The van der Waals surface area contributed by atoms with Crippen LogP contribution in [0, 0.1) is 41.5 Å². The second kappa shape index (κ2) is 32.1. The minimum Gasteiger partial charge on any atom is -0.278 e. The van der Waals surface area contributed by atoms with Gasteiger partial charge in [-0.15, -0.1) is 0 Å². The summed E-state index contributed by atoms with van der Waals surface area (Å²) >= 11 is 0. The number of para-hydroxylation sites is 1. The molecule has 1 aliphatic rings. The normalized spacial score (nSPS) is 12.8. The van der Waals surface area contributed by atoms with Crippen molar-refractivity contribution in [1.29, 1.82) is 0 Å². The van der Waals surface area contributed by atoms with E-state index in [0.29, 0.717) is 5.95 Å². The van der Waals surface area contributed by atoms with Crippen LogP contribution in [0.25, 0.3) is 184 Å². The lowest BCUT2D eigenvalue weighted by molar-refractivity contribution is 0.589. The van der Waals surface area contributed by atoms with Crippen LogP contribution < -0.4 is 0 Å². The van der Waals surface area contributed by atoms with E-state index in [0.717, 1.165) is 111 Å². The highest BCUT2D eigenvalue weighted by molar-refractivity contribution is 6.12. The van der Waals surface area contributed by atoms with Gasteiger partial charge in [-0.2, -0.15) is 0 Å². The van der Waals surface area contributed by atoms with Crippen LogP contribution in [0.3, 0.4) is 0 Å². The molecule has 0 saturated heterocycles. The van der Waals surface area contributed by atoms with Crippen LogP contribution in [0.5, 0.6) is 0 Å². The Morgan fingerprint density at radius 3 is 0.859 bits per heavy atom. The molecule has 0 radical (unpaired) electrons. The molecular weight excluding hydrogens is 1540 g/mol. The molecule has 128 heavy (non-hydrogen) atoms. The quantitative estimate of drug-likeness (QED) is 0.109. The number of fused-ring (bicyclic) bond motifs is 6. The van der Waals surface area contributed by atoms with E-state index in [-0.39, 0.29) is 27.1 Å². The van der Waals surface area contributed by atoms with Crippen LogP contribution in [0.4, 0.5) is 0 Å². The average Bonchev–Trinajstić information content (AvgIpc) is 1.54. The minimum absolute atomic E-state index is 0.0287. The van der Waals surface area contributed by atoms with Gasteiger partial charge in [-0.25, -0.2) is 9.97 Å². The molecule has 1 aliphatic carbocycles. The molecule has 0 spiro atoms. The van der Waals surface area contributed by atoms with Crippen LogP contribution in [-0.4, -0.2) is 14.5 Å². The van der Waals surface area contributed by atoms with Gasteiger partial charge in [0.2, 0.25) is 5.95 Å². The Balaban J connectivity index is 0.761. The summed E-state index contributed by atoms with van der Waals surface area (Å²) in [5, 5.41) is 2.32. The average molecular weight is 1660 g/mol. The predicted molar refractivity (Wildman–Crippen MR) is 548 cm³/mol. The van der Waals surface area contributed by atoms with E-state index >= 15 is 0 Å². The second-order valence-electron chi connectivity index (χ2n) is 41.1. The maximum absolute atomic E-state index is 5.85. The van der Waals surface area contributed by atoms with E-state index in [9.17, 15) is 0 Å². The third kappa shape index (κ3) is 15.9. The summed E-state index contributed by atoms with van der Waals surface area (Å²) in [6.45, 7) is 46.0. The Bertz CT molecular complexity index is 7280. The number of benzene rings is 16. The first kappa shape index (κ1) is 83.9. The van der Waals surface area contributed by atoms with Gasteiger partial charge in [-0.3, -0.25) is 4.57 Å². The van der Waals surface area contributed by atoms with Crippen LogP contribution in [0.1, 0.15) is 164 Å². The smallest absolute Gasteiger partial charge is 0.235 e. The molecule has 18 aromatic rings. The molecule has 0 bridgehead atoms. The van der Waals surface area contributed by atoms with Gasteiger partial charge >= 0.3 is 0 Å². The molecule has 3 heteroatoms. The SMILES string of the molecule is Cc1cc(C(C)(C)C)cc(C)c1-c1cccc(-c2cc(-c3cccc(-c4ccc(C(C)(C)C)cc4)c3)cc(-c3cccc(-c4cccc(-c5cc(-c6cccc(-c7cc(-c8cccc(-c9c(C)cc(C(C)(C)C)cc9C)c8)cc(-c8cccc(-c9c(C)cc(C(C)(C)C)cc9C)c8)c7)c6)nc(-n6c7ccccc7c7cc8c(cc76)C(C)(C)c6ccccc6-8)n5)c4)c3)c2)c1. The van der Waals surface area contributed by atoms with Crippen molar-refractivity contribution in [3.8, 4) is 162 Å². The first-order chi connectivity index (χ1) is 61.1. The molecule has 19 rings (SSSR count). The number of hydrogen-bond donors (Lipinski definition) is 0. The van der Waals surface area contributed by atoms with Crippen LogP contribution >= 0.6 is 0 Å². The highest BCUT2D eigenvalue weighted by Gasteiger charge is 2.37. The number of aromatic nitrogens is 3. The Morgan fingerprint density at radius 1 is 0.211 bits per heavy atom. The fourth-order valence-electron chi connectivity index (χ4n) is 20.2. The Kier molecular flexibility index (Phi) is 21.0. The lowest BCUT2D eigenvalue weighted by Gasteiger charge is -2.23. The standard InChI is InChI=1S/C125H115N3/c1-76-54-104(122(10,11)12)55-77(2)117(76)94-43-29-38-89(64-94)100-68-97(86-35-25-32-83(60-86)82-50-52-103(53-51-82)121(7,8)9)67-98(69-100)87-36-26-33-84(61-87)85-34-27-41-92(62-85)113-75-114(127-120(126-113)128-115-49-24-22-47-108(115)110-73-109-107-46-21-23-48-111(107)125(19,20)112(109)74-116(110)128)93-42-28-37-88(63-93)99-70-101(90-39-30-44-95(65-90)118-78(3)56-105(57-79(118)4)123(13,14)15)72-102(71-99)91-40-31-45-96(66-91)119-80(5)58-106(59-81(119)6)124(16,17)18/h21-75H,1-20H3. The third-order valence-electron chi connectivity index (χ3n) is 27.3. The van der Waals surface area contributed by atoms with Gasteiger partial charge in [-0.05, 0) is 367 Å². The lowest BCUT2D eigenvalue weighted by atomic mass is 9.82.